The van der Waals surface area contributed by atoms with Gasteiger partial charge in [-0.15, -0.1) is 0 Å². The van der Waals surface area contributed by atoms with Crippen LogP contribution in [0.25, 0.3) is 0 Å². The lowest BCUT2D eigenvalue weighted by Gasteiger charge is -2.39. The number of amides is 3. The Morgan fingerprint density at radius 2 is 1.64 bits per heavy atom. The van der Waals surface area contributed by atoms with E-state index in [1.807, 2.05) is 0 Å². The Bertz CT molecular complexity index is 1360. The molecule has 2 N–H and O–H groups in total. The first-order valence-corrected chi connectivity index (χ1v) is 10.7. The molecule has 1 aliphatic heterocycles. The highest BCUT2D eigenvalue weighted by molar-refractivity contribution is 5.99. The molecule has 3 aromatic carbocycles. The number of phenolic OH excluding ortho intramolecular Hbond substituents is 1. The van der Waals surface area contributed by atoms with Gasteiger partial charge in [0.2, 0.25) is 0 Å². The van der Waals surface area contributed by atoms with E-state index in [-0.39, 0.29) is 11.3 Å². The number of fused-ring (bicyclic) bond motifs is 1. The van der Waals surface area contributed by atoms with E-state index in [0.717, 1.165) is 17.0 Å². The lowest BCUT2D eigenvalue weighted by Crippen LogP contribution is -2.47. The number of carbonyl (C=O) groups excluding carboxylic acids is 2. The van der Waals surface area contributed by atoms with Gasteiger partial charge in [0.05, 0.1) is 18.3 Å². The molecule has 11 heteroatoms. The topological polar surface area (TPSA) is 72.9 Å². The molecule has 0 saturated carbocycles. The standard InChI is InChI=1S/C25H20F5N3O3/c1-12-15-4-3-13(24(35)31-10-16-19(28)8-14(26)9-20(16)29)7-21(15)33(25(36)32(12)2)11-17-18(27)5-6-22(34)23(17)30/h3-9,12,34H,10-11H2,1-2H3,(H,31,35). The van der Waals surface area contributed by atoms with Crippen molar-refractivity contribution in [1.82, 2.24) is 10.2 Å². The third-order valence-corrected chi connectivity index (χ3v) is 6.16. The summed E-state index contributed by atoms with van der Waals surface area (Å²) in [6, 6.07) is 5.96. The quantitative estimate of drug-likeness (QED) is 0.471. The van der Waals surface area contributed by atoms with Crippen molar-refractivity contribution in [2.75, 3.05) is 11.9 Å². The van der Waals surface area contributed by atoms with E-state index in [0.29, 0.717) is 17.7 Å². The molecule has 6 nitrogen and oxygen atoms in total. The van der Waals surface area contributed by atoms with Crippen molar-refractivity contribution < 1.29 is 36.6 Å². The SMILES string of the molecule is CC1c2ccc(C(=O)NCc3c(F)cc(F)cc3F)cc2N(Cc2c(F)ccc(O)c2F)C(=O)N1C. The Hall–Kier alpha value is -4.15. The highest BCUT2D eigenvalue weighted by Gasteiger charge is 2.35. The second-order valence-electron chi connectivity index (χ2n) is 8.32. The van der Waals surface area contributed by atoms with Gasteiger partial charge in [0.15, 0.2) is 11.6 Å². The van der Waals surface area contributed by atoms with Gasteiger partial charge in [0.25, 0.3) is 5.91 Å². The first kappa shape index (κ1) is 25.0. The lowest BCUT2D eigenvalue weighted by atomic mass is 9.98. The van der Waals surface area contributed by atoms with Crippen molar-refractivity contribution in [1.29, 1.82) is 0 Å². The van der Waals surface area contributed by atoms with Crippen molar-refractivity contribution in [2.45, 2.75) is 26.1 Å². The summed E-state index contributed by atoms with van der Waals surface area (Å²) >= 11 is 0. The largest absolute Gasteiger partial charge is 0.505 e. The van der Waals surface area contributed by atoms with Gasteiger partial charge < -0.3 is 15.3 Å². The van der Waals surface area contributed by atoms with Crippen molar-refractivity contribution in [2.24, 2.45) is 0 Å². The van der Waals surface area contributed by atoms with E-state index < -0.39 is 77.0 Å². The van der Waals surface area contributed by atoms with Crippen LogP contribution in [-0.2, 0) is 13.1 Å². The fourth-order valence-corrected chi connectivity index (χ4v) is 3.99. The second-order valence-corrected chi connectivity index (χ2v) is 8.32. The molecule has 1 heterocycles. The Morgan fingerprint density at radius 3 is 2.31 bits per heavy atom. The summed E-state index contributed by atoms with van der Waals surface area (Å²) in [6.07, 6.45) is 0. The molecule has 0 bridgehead atoms. The van der Waals surface area contributed by atoms with E-state index >= 15 is 0 Å². The molecule has 1 aliphatic rings. The van der Waals surface area contributed by atoms with Crippen molar-refractivity contribution in [3.8, 4) is 5.75 Å². The number of phenols is 1. The van der Waals surface area contributed by atoms with Crippen LogP contribution in [0.5, 0.6) is 5.75 Å². The maximum atomic E-state index is 14.5. The Kier molecular flexibility index (Phi) is 6.57. The number of anilines is 1. The zero-order chi connectivity index (χ0) is 26.3. The zero-order valence-corrected chi connectivity index (χ0v) is 19.1. The number of nitrogens with one attached hydrogen (secondary N) is 1. The number of halogens is 5. The highest BCUT2D eigenvalue weighted by atomic mass is 19.2. The number of benzene rings is 3. The monoisotopic (exact) mass is 505 g/mol. The average Bonchev–Trinajstić information content (AvgIpc) is 2.83. The smallest absolute Gasteiger partial charge is 0.325 e. The second kappa shape index (κ2) is 9.48. The molecule has 0 radical (unpaired) electrons. The number of urea groups is 1. The molecule has 36 heavy (non-hydrogen) atoms. The van der Waals surface area contributed by atoms with E-state index in [1.54, 1.807) is 13.0 Å². The number of nitrogens with zero attached hydrogens (tertiary/aromatic N) is 2. The van der Waals surface area contributed by atoms with Crippen LogP contribution in [0, 0.1) is 29.1 Å². The van der Waals surface area contributed by atoms with Gasteiger partial charge in [-0.05, 0) is 36.8 Å². The van der Waals surface area contributed by atoms with Gasteiger partial charge in [-0.3, -0.25) is 9.69 Å². The summed E-state index contributed by atoms with van der Waals surface area (Å²) in [7, 11) is 1.50. The number of carbonyl (C=O) groups is 2. The van der Waals surface area contributed by atoms with Gasteiger partial charge in [0.1, 0.15) is 23.3 Å². The first-order valence-electron chi connectivity index (χ1n) is 10.7. The maximum Gasteiger partial charge on any atom is 0.325 e. The van der Waals surface area contributed by atoms with Gasteiger partial charge in [-0.1, -0.05) is 6.07 Å². The third-order valence-electron chi connectivity index (χ3n) is 6.16. The van der Waals surface area contributed by atoms with Crippen LogP contribution >= 0.6 is 0 Å². The molecule has 3 amide bonds. The molecule has 188 valence electrons. The van der Waals surface area contributed by atoms with Gasteiger partial charge >= 0.3 is 6.03 Å². The molecule has 0 spiro atoms. The average molecular weight is 505 g/mol. The number of aromatic hydroxyl groups is 1. The molecule has 0 saturated heterocycles. The maximum absolute atomic E-state index is 14.5. The molecule has 0 fully saturated rings. The number of hydrogen-bond acceptors (Lipinski definition) is 3. The van der Waals surface area contributed by atoms with E-state index in [4.69, 9.17) is 0 Å². The van der Waals surface area contributed by atoms with Gasteiger partial charge in [-0.25, -0.2) is 26.7 Å². The fraction of sp³-hybridized carbons (Fsp3) is 0.200. The Labute approximate surface area is 202 Å². The summed E-state index contributed by atoms with van der Waals surface area (Å²) in [6.45, 7) is 0.574. The van der Waals surface area contributed by atoms with Crippen LogP contribution in [0.15, 0.2) is 42.5 Å². The van der Waals surface area contributed by atoms with Crippen LogP contribution in [0.2, 0.25) is 0 Å². The van der Waals surface area contributed by atoms with Gasteiger partial charge in [0, 0.05) is 42.4 Å². The summed E-state index contributed by atoms with van der Waals surface area (Å²) in [5.41, 5.74) is -0.313. The molecular formula is C25H20F5N3O3. The predicted octanol–water partition coefficient (Wildman–Crippen LogP) is 5.15. The van der Waals surface area contributed by atoms with Gasteiger partial charge in [-0.2, -0.15) is 0 Å². The van der Waals surface area contributed by atoms with E-state index in [9.17, 15) is 36.6 Å². The van der Waals surface area contributed by atoms with Crippen molar-refractivity contribution in [3.63, 3.8) is 0 Å². The van der Waals surface area contributed by atoms with Crippen LogP contribution in [0.3, 0.4) is 0 Å². The highest BCUT2D eigenvalue weighted by Crippen LogP contribution is 2.38. The third kappa shape index (κ3) is 4.43. The van der Waals surface area contributed by atoms with Crippen molar-refractivity contribution >= 4 is 17.6 Å². The fourth-order valence-electron chi connectivity index (χ4n) is 3.99. The normalized spacial score (nSPS) is 15.2. The first-order chi connectivity index (χ1) is 17.0. The van der Waals surface area contributed by atoms with Crippen LogP contribution in [0.1, 0.15) is 40.0 Å². The van der Waals surface area contributed by atoms with E-state index in [1.165, 1.54) is 24.1 Å². The van der Waals surface area contributed by atoms with Crippen LogP contribution in [-0.4, -0.2) is 29.0 Å². The molecule has 4 rings (SSSR count). The van der Waals surface area contributed by atoms with Crippen LogP contribution in [0.4, 0.5) is 32.4 Å². The Balaban J connectivity index is 1.67. The summed E-state index contributed by atoms with van der Waals surface area (Å²) in [5, 5.41) is 12.0. The summed E-state index contributed by atoms with van der Waals surface area (Å²) < 4.78 is 69.8. The van der Waals surface area contributed by atoms with Crippen LogP contribution < -0.4 is 10.2 Å². The molecule has 0 aromatic heterocycles. The number of rotatable bonds is 5. The molecule has 0 aliphatic carbocycles. The summed E-state index contributed by atoms with van der Waals surface area (Å²) in [4.78, 5) is 28.2. The molecule has 3 aromatic rings. The summed E-state index contributed by atoms with van der Waals surface area (Å²) in [5.74, 6) is -7.16. The minimum atomic E-state index is -1.22. The molecule has 1 unspecified atom stereocenters. The number of hydrogen-bond donors (Lipinski definition) is 2. The molecule has 1 atom stereocenters. The Morgan fingerprint density at radius 1 is 0.972 bits per heavy atom. The molecular weight excluding hydrogens is 485 g/mol. The minimum Gasteiger partial charge on any atom is -0.505 e. The zero-order valence-electron chi connectivity index (χ0n) is 19.1. The lowest BCUT2D eigenvalue weighted by molar-refractivity contribution is 0.0950. The van der Waals surface area contributed by atoms with E-state index in [2.05, 4.69) is 5.32 Å². The van der Waals surface area contributed by atoms with Crippen molar-refractivity contribution in [3.05, 3.63) is 93.8 Å². The predicted molar refractivity (Wildman–Crippen MR) is 120 cm³/mol. The minimum absolute atomic E-state index is 0.00286.